The van der Waals surface area contributed by atoms with Gasteiger partial charge in [0.15, 0.2) is 0 Å². The van der Waals surface area contributed by atoms with E-state index in [-0.39, 0.29) is 34.7 Å². The molecule has 1 amide bonds. The first kappa shape index (κ1) is 22.9. The van der Waals surface area contributed by atoms with Crippen molar-refractivity contribution >= 4 is 16.9 Å². The normalized spacial score (nSPS) is 19.0. The van der Waals surface area contributed by atoms with E-state index in [4.69, 9.17) is 4.74 Å². The third-order valence-corrected chi connectivity index (χ3v) is 5.93. The largest absolute Gasteiger partial charge is 0.373 e. The molecule has 0 bridgehead atoms. The summed E-state index contributed by atoms with van der Waals surface area (Å²) in [5.41, 5.74) is 1.77. The van der Waals surface area contributed by atoms with Crippen molar-refractivity contribution in [3.63, 3.8) is 0 Å². The number of rotatable bonds is 5. The molecule has 0 saturated carbocycles. The molecule has 33 heavy (non-hydrogen) atoms. The van der Waals surface area contributed by atoms with Crippen LogP contribution in [0.4, 0.5) is 0 Å². The lowest BCUT2D eigenvalue weighted by Crippen LogP contribution is -2.44. The number of nitrogens with one attached hydrogen (secondary N) is 1. The highest BCUT2D eigenvalue weighted by Crippen LogP contribution is 2.15. The summed E-state index contributed by atoms with van der Waals surface area (Å²) in [5, 5.41) is 3.09. The van der Waals surface area contributed by atoms with Crippen molar-refractivity contribution in [2.75, 3.05) is 13.1 Å². The number of aryl methyl sites for hydroxylation is 1. The minimum absolute atomic E-state index is 0.225. The smallest absolute Gasteiger partial charge is 0.332 e. The van der Waals surface area contributed by atoms with Crippen molar-refractivity contribution in [3.05, 3.63) is 74.1 Å². The molecule has 1 aliphatic heterocycles. The molecule has 4 rings (SSSR count). The molecule has 9 heteroatoms. The molecule has 1 fully saturated rings. The van der Waals surface area contributed by atoms with Gasteiger partial charge < -0.3 is 10.1 Å². The minimum atomic E-state index is -0.477. The second-order valence-electron chi connectivity index (χ2n) is 8.75. The van der Waals surface area contributed by atoms with E-state index in [9.17, 15) is 14.4 Å². The number of amides is 1. The monoisotopic (exact) mass is 451 g/mol. The lowest BCUT2D eigenvalue weighted by molar-refractivity contribution is -0.0704. The van der Waals surface area contributed by atoms with Crippen molar-refractivity contribution in [2.45, 2.75) is 39.1 Å². The average Bonchev–Trinajstić information content (AvgIpc) is 2.79. The first-order chi connectivity index (χ1) is 15.7. The Labute approximate surface area is 191 Å². The Balaban J connectivity index is 1.41. The number of carbonyl (C=O) groups excluding carboxylic acids is 1. The van der Waals surface area contributed by atoms with Crippen LogP contribution >= 0.6 is 0 Å². The van der Waals surface area contributed by atoms with Gasteiger partial charge in [-0.15, -0.1) is 0 Å². The molecule has 0 spiro atoms. The number of carbonyl (C=O) groups is 1. The van der Waals surface area contributed by atoms with Gasteiger partial charge in [0.05, 0.1) is 23.2 Å². The summed E-state index contributed by atoms with van der Waals surface area (Å²) in [4.78, 5) is 43.7. The third-order valence-electron chi connectivity index (χ3n) is 5.93. The molecule has 0 radical (unpaired) electrons. The fourth-order valence-electron chi connectivity index (χ4n) is 4.31. The third kappa shape index (κ3) is 4.89. The van der Waals surface area contributed by atoms with Crippen LogP contribution in [0, 0.1) is 0 Å². The van der Waals surface area contributed by atoms with E-state index in [1.54, 1.807) is 7.05 Å². The number of hydrogen-bond acceptors (Lipinski definition) is 6. The molecule has 0 aliphatic carbocycles. The topological polar surface area (TPSA) is 98.5 Å². The van der Waals surface area contributed by atoms with E-state index in [0.29, 0.717) is 6.54 Å². The van der Waals surface area contributed by atoms with Gasteiger partial charge >= 0.3 is 5.69 Å². The van der Waals surface area contributed by atoms with Gasteiger partial charge in [0.25, 0.3) is 11.5 Å². The molecule has 9 nitrogen and oxygen atoms in total. The Morgan fingerprint density at radius 1 is 1.06 bits per heavy atom. The van der Waals surface area contributed by atoms with Crippen LogP contribution in [0.3, 0.4) is 0 Å². The highest BCUT2D eigenvalue weighted by Gasteiger charge is 2.22. The predicted molar refractivity (Wildman–Crippen MR) is 125 cm³/mol. The highest BCUT2D eigenvalue weighted by atomic mass is 16.5. The Bertz CT molecular complexity index is 1290. The summed E-state index contributed by atoms with van der Waals surface area (Å²) in [7, 11) is 2.95. The van der Waals surface area contributed by atoms with Crippen molar-refractivity contribution in [3.8, 4) is 0 Å². The van der Waals surface area contributed by atoms with Crippen molar-refractivity contribution in [1.82, 2.24) is 24.3 Å². The first-order valence-corrected chi connectivity index (χ1v) is 11.0. The zero-order chi connectivity index (χ0) is 23.7. The predicted octanol–water partition coefficient (Wildman–Crippen LogP) is 1.17. The van der Waals surface area contributed by atoms with Crippen LogP contribution in [0.5, 0.6) is 0 Å². The van der Waals surface area contributed by atoms with Gasteiger partial charge in [0, 0.05) is 46.5 Å². The Hall–Kier alpha value is -3.30. The van der Waals surface area contributed by atoms with Gasteiger partial charge in [0.1, 0.15) is 5.65 Å². The van der Waals surface area contributed by atoms with Gasteiger partial charge in [-0.1, -0.05) is 24.3 Å². The van der Waals surface area contributed by atoms with Crippen molar-refractivity contribution < 1.29 is 9.53 Å². The molecule has 1 saturated heterocycles. The number of nitrogens with zero attached hydrogens (tertiary/aromatic N) is 4. The van der Waals surface area contributed by atoms with Gasteiger partial charge in [-0.05, 0) is 31.0 Å². The number of hydrogen-bond donors (Lipinski definition) is 1. The summed E-state index contributed by atoms with van der Waals surface area (Å²) < 4.78 is 8.09. The first-order valence-electron chi connectivity index (χ1n) is 11.0. The number of benzene rings is 1. The van der Waals surface area contributed by atoms with Gasteiger partial charge in [0.2, 0.25) is 0 Å². The molecular weight excluding hydrogens is 422 g/mol. The number of ether oxygens (including phenoxy) is 1. The molecule has 1 aliphatic rings. The van der Waals surface area contributed by atoms with Gasteiger partial charge in [-0.2, -0.15) is 0 Å². The molecule has 2 aromatic heterocycles. The number of pyridine rings is 1. The minimum Gasteiger partial charge on any atom is -0.373 e. The van der Waals surface area contributed by atoms with Gasteiger partial charge in [-0.25, -0.2) is 9.78 Å². The van der Waals surface area contributed by atoms with Crippen LogP contribution in [0.25, 0.3) is 11.0 Å². The molecule has 1 aromatic carbocycles. The Morgan fingerprint density at radius 3 is 2.36 bits per heavy atom. The standard InChI is InChI=1S/C24H29N5O4/c1-15-12-29(13-16(2)33-15)14-18-7-5-17(6-8-18)10-26-22(30)19-9-20-21(25-11-19)27(3)24(32)28(4)23(20)31/h5-9,11,15-16H,10,12-14H2,1-4H3,(H,26,30). The molecule has 174 valence electrons. The highest BCUT2D eigenvalue weighted by molar-refractivity contribution is 5.96. The molecule has 2 unspecified atom stereocenters. The SMILES string of the molecule is CC1CN(Cc2ccc(CNC(=O)c3cnc4c(c3)c(=O)n(C)c(=O)n4C)cc2)CC(C)O1. The second-order valence-corrected chi connectivity index (χ2v) is 8.75. The van der Waals surface area contributed by atoms with E-state index in [1.165, 1.54) is 29.4 Å². The Kier molecular flexibility index (Phi) is 6.44. The summed E-state index contributed by atoms with van der Waals surface area (Å²) in [6, 6.07) is 9.65. The zero-order valence-electron chi connectivity index (χ0n) is 19.4. The van der Waals surface area contributed by atoms with Crippen molar-refractivity contribution in [1.29, 1.82) is 0 Å². The van der Waals surface area contributed by atoms with E-state index >= 15 is 0 Å². The lowest BCUT2D eigenvalue weighted by Gasteiger charge is -2.35. The average molecular weight is 452 g/mol. The molecular formula is C24H29N5O4. The van der Waals surface area contributed by atoms with Crippen LogP contribution in [0.2, 0.25) is 0 Å². The summed E-state index contributed by atoms with van der Waals surface area (Å²) in [5.74, 6) is -0.333. The molecule has 2 atom stereocenters. The van der Waals surface area contributed by atoms with Gasteiger partial charge in [-0.3, -0.25) is 23.6 Å². The van der Waals surface area contributed by atoms with E-state index in [1.807, 2.05) is 12.1 Å². The number of fused-ring (bicyclic) bond motifs is 1. The van der Waals surface area contributed by atoms with E-state index in [2.05, 4.69) is 41.2 Å². The quantitative estimate of drug-likeness (QED) is 0.625. The number of morpholine rings is 1. The maximum atomic E-state index is 12.7. The van der Waals surface area contributed by atoms with Crippen LogP contribution < -0.4 is 16.6 Å². The van der Waals surface area contributed by atoms with Crippen molar-refractivity contribution in [2.24, 2.45) is 14.1 Å². The summed E-state index contributed by atoms with van der Waals surface area (Å²) in [6.45, 7) is 7.24. The zero-order valence-corrected chi connectivity index (χ0v) is 19.4. The van der Waals surface area contributed by atoms with Crippen LogP contribution in [-0.4, -0.2) is 50.2 Å². The fourth-order valence-corrected chi connectivity index (χ4v) is 4.31. The molecule has 3 aromatic rings. The maximum absolute atomic E-state index is 12.7. The maximum Gasteiger partial charge on any atom is 0.332 e. The van der Waals surface area contributed by atoms with Crippen LogP contribution in [-0.2, 0) is 31.9 Å². The fraction of sp³-hybridized carbons (Fsp3) is 0.417. The van der Waals surface area contributed by atoms with E-state index in [0.717, 1.165) is 29.8 Å². The number of aromatic nitrogens is 3. The summed E-state index contributed by atoms with van der Waals surface area (Å²) >= 11 is 0. The molecule has 3 heterocycles. The molecule has 1 N–H and O–H groups in total. The Morgan fingerprint density at radius 2 is 1.70 bits per heavy atom. The summed E-state index contributed by atoms with van der Waals surface area (Å²) in [6.07, 6.45) is 1.85. The van der Waals surface area contributed by atoms with E-state index < -0.39 is 11.2 Å². The second kappa shape index (κ2) is 9.29. The lowest BCUT2D eigenvalue weighted by atomic mass is 10.1. The van der Waals surface area contributed by atoms with Crippen LogP contribution in [0.15, 0.2) is 46.1 Å². The van der Waals surface area contributed by atoms with Crippen LogP contribution in [0.1, 0.15) is 35.3 Å².